The van der Waals surface area contributed by atoms with Crippen LogP contribution in [0.1, 0.15) is 23.8 Å². The number of aromatic hydroxyl groups is 1. The Morgan fingerprint density at radius 2 is 1.89 bits per heavy atom. The van der Waals surface area contributed by atoms with Gasteiger partial charge >= 0.3 is 0 Å². The molecule has 2 rings (SSSR count). The number of carbonyl (C=O) groups is 2. The SMILES string of the molecule is CC(=O)N1CCCN(C(=O)c2ncccc2O)CC1. The van der Waals surface area contributed by atoms with E-state index >= 15 is 0 Å². The highest BCUT2D eigenvalue weighted by Crippen LogP contribution is 2.16. The molecule has 2 amide bonds. The van der Waals surface area contributed by atoms with E-state index in [2.05, 4.69) is 4.98 Å². The Morgan fingerprint density at radius 1 is 1.21 bits per heavy atom. The minimum absolute atomic E-state index is 0.0231. The fourth-order valence-electron chi connectivity index (χ4n) is 2.15. The van der Waals surface area contributed by atoms with E-state index in [1.165, 1.54) is 19.2 Å². The molecular formula is C13H17N3O3. The van der Waals surface area contributed by atoms with Gasteiger partial charge in [-0.25, -0.2) is 4.98 Å². The van der Waals surface area contributed by atoms with Crippen LogP contribution >= 0.6 is 0 Å². The quantitative estimate of drug-likeness (QED) is 0.800. The zero-order valence-corrected chi connectivity index (χ0v) is 10.9. The summed E-state index contributed by atoms with van der Waals surface area (Å²) in [5, 5.41) is 9.65. The molecule has 0 aromatic carbocycles. The van der Waals surface area contributed by atoms with Gasteiger partial charge < -0.3 is 14.9 Å². The highest BCUT2D eigenvalue weighted by molar-refractivity contribution is 5.94. The maximum Gasteiger partial charge on any atom is 0.276 e. The summed E-state index contributed by atoms with van der Waals surface area (Å²) < 4.78 is 0. The zero-order valence-electron chi connectivity index (χ0n) is 10.9. The van der Waals surface area contributed by atoms with E-state index < -0.39 is 0 Å². The van der Waals surface area contributed by atoms with Crippen LogP contribution in [0, 0.1) is 0 Å². The van der Waals surface area contributed by atoms with Crippen LogP contribution in [-0.2, 0) is 4.79 Å². The average molecular weight is 263 g/mol. The van der Waals surface area contributed by atoms with Gasteiger partial charge in [0.1, 0.15) is 5.75 Å². The minimum atomic E-state index is -0.288. The molecule has 6 heteroatoms. The second-order valence-corrected chi connectivity index (χ2v) is 4.52. The van der Waals surface area contributed by atoms with Crippen molar-refractivity contribution in [2.24, 2.45) is 0 Å². The smallest absolute Gasteiger partial charge is 0.276 e. The predicted molar refractivity (Wildman–Crippen MR) is 68.7 cm³/mol. The molecule has 0 saturated carbocycles. The third-order valence-electron chi connectivity index (χ3n) is 3.22. The van der Waals surface area contributed by atoms with Gasteiger partial charge in [0, 0.05) is 39.3 Å². The Bertz CT molecular complexity index is 490. The van der Waals surface area contributed by atoms with Gasteiger partial charge in [-0.15, -0.1) is 0 Å². The first kappa shape index (κ1) is 13.3. The Balaban J connectivity index is 2.08. The van der Waals surface area contributed by atoms with Gasteiger partial charge in [0.15, 0.2) is 5.69 Å². The summed E-state index contributed by atoms with van der Waals surface area (Å²) in [7, 11) is 0. The van der Waals surface area contributed by atoms with Crippen molar-refractivity contribution in [1.82, 2.24) is 14.8 Å². The number of rotatable bonds is 1. The molecule has 0 radical (unpaired) electrons. The van der Waals surface area contributed by atoms with Crippen molar-refractivity contribution < 1.29 is 14.7 Å². The summed E-state index contributed by atoms with van der Waals surface area (Å²) >= 11 is 0. The number of pyridine rings is 1. The van der Waals surface area contributed by atoms with Crippen molar-refractivity contribution in [3.05, 3.63) is 24.0 Å². The first-order valence-electron chi connectivity index (χ1n) is 6.28. The van der Waals surface area contributed by atoms with E-state index in [1.54, 1.807) is 15.9 Å². The summed E-state index contributed by atoms with van der Waals surface area (Å²) in [6, 6.07) is 3.02. The second kappa shape index (κ2) is 5.69. The van der Waals surface area contributed by atoms with Crippen molar-refractivity contribution in [2.75, 3.05) is 26.2 Å². The Hall–Kier alpha value is -2.11. The normalized spacial score (nSPS) is 16.1. The third kappa shape index (κ3) is 3.01. The predicted octanol–water partition coefficient (Wildman–Crippen LogP) is 0.482. The third-order valence-corrected chi connectivity index (χ3v) is 3.22. The summed E-state index contributed by atoms with van der Waals surface area (Å²) in [5.74, 6) is -0.376. The maximum absolute atomic E-state index is 12.2. The summed E-state index contributed by atoms with van der Waals surface area (Å²) in [6.07, 6.45) is 2.21. The highest BCUT2D eigenvalue weighted by Gasteiger charge is 2.23. The van der Waals surface area contributed by atoms with E-state index in [9.17, 15) is 14.7 Å². The van der Waals surface area contributed by atoms with Crippen molar-refractivity contribution in [3.63, 3.8) is 0 Å². The number of aromatic nitrogens is 1. The van der Waals surface area contributed by atoms with Gasteiger partial charge in [0.25, 0.3) is 5.91 Å². The fraction of sp³-hybridized carbons (Fsp3) is 0.462. The lowest BCUT2D eigenvalue weighted by Crippen LogP contribution is -2.36. The molecule has 19 heavy (non-hydrogen) atoms. The Morgan fingerprint density at radius 3 is 2.58 bits per heavy atom. The van der Waals surface area contributed by atoms with Crippen LogP contribution in [0.15, 0.2) is 18.3 Å². The molecule has 6 nitrogen and oxygen atoms in total. The van der Waals surface area contributed by atoms with Crippen LogP contribution in [0.5, 0.6) is 5.75 Å². The van der Waals surface area contributed by atoms with Gasteiger partial charge in [0.05, 0.1) is 0 Å². The molecule has 1 N–H and O–H groups in total. The van der Waals surface area contributed by atoms with Crippen LogP contribution in [0.25, 0.3) is 0 Å². The molecule has 1 aromatic rings. The number of amides is 2. The van der Waals surface area contributed by atoms with Gasteiger partial charge in [0.2, 0.25) is 5.91 Å². The van der Waals surface area contributed by atoms with E-state index in [-0.39, 0.29) is 23.3 Å². The van der Waals surface area contributed by atoms with Gasteiger partial charge in [-0.05, 0) is 18.6 Å². The maximum atomic E-state index is 12.2. The fourth-order valence-corrected chi connectivity index (χ4v) is 2.15. The molecule has 1 fully saturated rings. The van der Waals surface area contributed by atoms with E-state index in [0.717, 1.165) is 6.42 Å². The molecule has 1 aliphatic rings. The summed E-state index contributed by atoms with van der Waals surface area (Å²) in [6.45, 7) is 3.75. The van der Waals surface area contributed by atoms with Crippen LogP contribution in [0.2, 0.25) is 0 Å². The summed E-state index contributed by atoms with van der Waals surface area (Å²) in [5.41, 5.74) is 0.0683. The molecule has 1 aliphatic heterocycles. The van der Waals surface area contributed by atoms with E-state index in [0.29, 0.717) is 26.2 Å². The average Bonchev–Trinajstić information content (AvgIpc) is 2.64. The van der Waals surface area contributed by atoms with Gasteiger partial charge in [-0.1, -0.05) is 0 Å². The van der Waals surface area contributed by atoms with E-state index in [1.807, 2.05) is 0 Å². The second-order valence-electron chi connectivity index (χ2n) is 4.52. The standard InChI is InChI=1S/C13H17N3O3/c1-10(17)15-6-3-7-16(9-8-15)13(19)12-11(18)4-2-5-14-12/h2,4-5,18H,3,6-9H2,1H3. The lowest BCUT2D eigenvalue weighted by molar-refractivity contribution is -0.128. The van der Waals surface area contributed by atoms with Crippen LogP contribution < -0.4 is 0 Å². The van der Waals surface area contributed by atoms with Crippen LogP contribution in [0.3, 0.4) is 0 Å². The van der Waals surface area contributed by atoms with Crippen molar-refractivity contribution >= 4 is 11.8 Å². The van der Waals surface area contributed by atoms with Crippen LogP contribution in [-0.4, -0.2) is 57.9 Å². The highest BCUT2D eigenvalue weighted by atomic mass is 16.3. The molecule has 1 aromatic heterocycles. The molecule has 2 heterocycles. The first-order chi connectivity index (χ1) is 9.09. The molecular weight excluding hydrogens is 246 g/mol. The van der Waals surface area contributed by atoms with Gasteiger partial charge in [-0.2, -0.15) is 0 Å². The molecule has 0 aliphatic carbocycles. The number of nitrogens with zero attached hydrogens (tertiary/aromatic N) is 3. The lowest BCUT2D eigenvalue weighted by Gasteiger charge is -2.21. The Labute approximate surface area is 111 Å². The molecule has 0 unspecified atom stereocenters. The number of hydrogen-bond donors (Lipinski definition) is 1. The molecule has 0 bridgehead atoms. The Kier molecular flexibility index (Phi) is 3.99. The largest absolute Gasteiger partial charge is 0.505 e. The molecule has 0 atom stereocenters. The van der Waals surface area contributed by atoms with Crippen molar-refractivity contribution in [1.29, 1.82) is 0 Å². The van der Waals surface area contributed by atoms with Gasteiger partial charge in [-0.3, -0.25) is 9.59 Å². The monoisotopic (exact) mass is 263 g/mol. The molecule has 102 valence electrons. The zero-order chi connectivity index (χ0) is 13.8. The van der Waals surface area contributed by atoms with Crippen molar-refractivity contribution in [2.45, 2.75) is 13.3 Å². The first-order valence-corrected chi connectivity index (χ1v) is 6.28. The lowest BCUT2D eigenvalue weighted by atomic mass is 10.2. The molecule has 1 saturated heterocycles. The summed E-state index contributed by atoms with van der Waals surface area (Å²) in [4.78, 5) is 30.8. The minimum Gasteiger partial charge on any atom is -0.505 e. The van der Waals surface area contributed by atoms with Crippen molar-refractivity contribution in [3.8, 4) is 5.75 Å². The van der Waals surface area contributed by atoms with Crippen LogP contribution in [0.4, 0.5) is 0 Å². The van der Waals surface area contributed by atoms with E-state index in [4.69, 9.17) is 0 Å². The molecule has 0 spiro atoms. The number of carbonyl (C=O) groups excluding carboxylic acids is 2. The number of hydrogen-bond acceptors (Lipinski definition) is 4. The topological polar surface area (TPSA) is 73.7 Å².